The smallest absolute Gasteiger partial charge is 0.257 e. The van der Waals surface area contributed by atoms with E-state index in [1.807, 2.05) is 62.4 Å². The summed E-state index contributed by atoms with van der Waals surface area (Å²) in [5.41, 5.74) is 4.24. The minimum atomic E-state index is -0.263. The molecule has 0 unspecified atom stereocenters. The molecule has 0 atom stereocenters. The number of carbonyl (C=O) groups is 1. The number of amides is 1. The molecule has 0 radical (unpaired) electrons. The standard InChI is InChI=1S/C24H19N3O2S/c1-14-15(2)30-24(20(14)13-25)27-23(28)19-12-22(16-8-10-17(29-3)11-9-16)26-21-7-5-4-6-18(19)21/h4-12H,1-3H3,(H,27,28). The Morgan fingerprint density at radius 1 is 1.13 bits per heavy atom. The van der Waals surface area contributed by atoms with Crippen LogP contribution in [0.2, 0.25) is 0 Å². The summed E-state index contributed by atoms with van der Waals surface area (Å²) < 4.78 is 5.23. The zero-order chi connectivity index (χ0) is 21.3. The second-order valence-corrected chi connectivity index (χ2v) is 8.08. The fraction of sp³-hybridized carbons (Fsp3) is 0.125. The molecule has 1 N–H and O–H groups in total. The van der Waals surface area contributed by atoms with E-state index in [-0.39, 0.29) is 5.91 Å². The molecule has 30 heavy (non-hydrogen) atoms. The average Bonchev–Trinajstić information content (AvgIpc) is 3.05. The van der Waals surface area contributed by atoms with Crippen LogP contribution in [0.1, 0.15) is 26.4 Å². The summed E-state index contributed by atoms with van der Waals surface area (Å²) in [7, 11) is 1.62. The average molecular weight is 414 g/mol. The summed E-state index contributed by atoms with van der Waals surface area (Å²) in [5, 5.41) is 13.8. The van der Waals surface area contributed by atoms with Crippen LogP contribution in [-0.4, -0.2) is 18.0 Å². The van der Waals surface area contributed by atoms with Crippen LogP contribution in [-0.2, 0) is 0 Å². The molecule has 5 nitrogen and oxygen atoms in total. The summed E-state index contributed by atoms with van der Waals surface area (Å²) in [6.07, 6.45) is 0. The van der Waals surface area contributed by atoms with Crippen LogP contribution >= 0.6 is 11.3 Å². The maximum Gasteiger partial charge on any atom is 0.257 e. The third-order valence-electron chi connectivity index (χ3n) is 5.07. The lowest BCUT2D eigenvalue weighted by atomic mass is 10.0. The van der Waals surface area contributed by atoms with E-state index in [1.165, 1.54) is 11.3 Å². The number of anilines is 1. The molecule has 0 bridgehead atoms. The van der Waals surface area contributed by atoms with Gasteiger partial charge in [-0.2, -0.15) is 5.26 Å². The van der Waals surface area contributed by atoms with E-state index >= 15 is 0 Å². The van der Waals surface area contributed by atoms with E-state index in [1.54, 1.807) is 13.2 Å². The highest BCUT2D eigenvalue weighted by atomic mass is 32.1. The molecule has 0 saturated carbocycles. The number of aromatic nitrogens is 1. The van der Waals surface area contributed by atoms with Crippen LogP contribution in [0.4, 0.5) is 5.00 Å². The second kappa shape index (κ2) is 7.97. The van der Waals surface area contributed by atoms with Crippen molar-refractivity contribution < 1.29 is 9.53 Å². The summed E-state index contributed by atoms with van der Waals surface area (Å²) in [6.45, 7) is 3.84. The van der Waals surface area contributed by atoms with Crippen molar-refractivity contribution in [3.63, 3.8) is 0 Å². The second-order valence-electron chi connectivity index (χ2n) is 6.85. The monoisotopic (exact) mass is 413 g/mol. The lowest BCUT2D eigenvalue weighted by molar-refractivity contribution is 0.102. The molecule has 0 aliphatic rings. The van der Waals surface area contributed by atoms with Crippen LogP contribution < -0.4 is 10.1 Å². The molecule has 2 heterocycles. The number of benzene rings is 2. The maximum atomic E-state index is 13.2. The van der Waals surface area contributed by atoms with Gasteiger partial charge in [-0.15, -0.1) is 11.3 Å². The van der Waals surface area contributed by atoms with Gasteiger partial charge < -0.3 is 10.1 Å². The first kappa shape index (κ1) is 19.6. The predicted octanol–water partition coefficient (Wildman–Crippen LogP) is 5.71. The van der Waals surface area contributed by atoms with E-state index in [2.05, 4.69) is 11.4 Å². The first-order valence-corrected chi connectivity index (χ1v) is 10.2. The number of hydrogen-bond acceptors (Lipinski definition) is 5. The summed E-state index contributed by atoms with van der Waals surface area (Å²) in [5.74, 6) is 0.492. The molecule has 0 fully saturated rings. The Hall–Kier alpha value is -3.69. The lowest BCUT2D eigenvalue weighted by Gasteiger charge is -2.10. The fourth-order valence-electron chi connectivity index (χ4n) is 3.29. The largest absolute Gasteiger partial charge is 0.497 e. The van der Waals surface area contributed by atoms with Crippen molar-refractivity contribution in [3.05, 3.63) is 76.2 Å². The lowest BCUT2D eigenvalue weighted by Crippen LogP contribution is -2.13. The van der Waals surface area contributed by atoms with Crippen LogP contribution in [0.5, 0.6) is 5.75 Å². The number of ether oxygens (including phenoxy) is 1. The molecule has 2 aromatic heterocycles. The third kappa shape index (κ3) is 3.51. The quantitative estimate of drug-likeness (QED) is 0.465. The topological polar surface area (TPSA) is 75.0 Å². The van der Waals surface area contributed by atoms with E-state index in [9.17, 15) is 10.1 Å². The number of rotatable bonds is 4. The Balaban J connectivity index is 1.80. The number of carbonyl (C=O) groups excluding carboxylic acids is 1. The molecule has 1 amide bonds. The van der Waals surface area contributed by atoms with Gasteiger partial charge in [0.05, 0.1) is 29.4 Å². The number of hydrogen-bond donors (Lipinski definition) is 1. The number of methoxy groups -OCH3 is 1. The molecular formula is C24H19N3O2S. The van der Waals surface area contributed by atoms with E-state index < -0.39 is 0 Å². The van der Waals surface area contributed by atoms with Gasteiger partial charge in [-0.05, 0) is 55.8 Å². The molecule has 0 saturated heterocycles. The van der Waals surface area contributed by atoms with Crippen LogP contribution in [0.25, 0.3) is 22.2 Å². The van der Waals surface area contributed by atoms with Gasteiger partial charge in [-0.3, -0.25) is 4.79 Å². The number of aryl methyl sites for hydroxylation is 1. The van der Waals surface area contributed by atoms with Crippen molar-refractivity contribution in [2.45, 2.75) is 13.8 Å². The van der Waals surface area contributed by atoms with Gasteiger partial charge in [0.2, 0.25) is 0 Å². The Kier molecular flexibility index (Phi) is 5.21. The van der Waals surface area contributed by atoms with Crippen molar-refractivity contribution in [1.29, 1.82) is 5.26 Å². The van der Waals surface area contributed by atoms with Crippen molar-refractivity contribution in [1.82, 2.24) is 4.98 Å². The number of thiophene rings is 1. The van der Waals surface area contributed by atoms with E-state index in [0.717, 1.165) is 32.7 Å². The van der Waals surface area contributed by atoms with E-state index in [4.69, 9.17) is 9.72 Å². The Morgan fingerprint density at radius 2 is 1.87 bits per heavy atom. The van der Waals surface area contributed by atoms with Crippen LogP contribution in [0.3, 0.4) is 0 Å². The Morgan fingerprint density at radius 3 is 2.57 bits per heavy atom. The van der Waals surface area contributed by atoms with Crippen molar-refractivity contribution in [2.75, 3.05) is 12.4 Å². The van der Waals surface area contributed by atoms with Gasteiger partial charge in [-0.25, -0.2) is 4.98 Å². The molecule has 0 aliphatic heterocycles. The van der Waals surface area contributed by atoms with Crippen LogP contribution in [0.15, 0.2) is 54.6 Å². The molecular weight excluding hydrogens is 394 g/mol. The van der Waals surface area contributed by atoms with Gasteiger partial charge in [0.25, 0.3) is 5.91 Å². The molecule has 6 heteroatoms. The summed E-state index contributed by atoms with van der Waals surface area (Å²) in [6, 6.07) is 19.1. The van der Waals surface area contributed by atoms with Crippen molar-refractivity contribution in [2.24, 2.45) is 0 Å². The maximum absolute atomic E-state index is 13.2. The van der Waals surface area contributed by atoms with Gasteiger partial charge >= 0.3 is 0 Å². The third-order valence-corrected chi connectivity index (χ3v) is 6.19. The van der Waals surface area contributed by atoms with Crippen LogP contribution in [0, 0.1) is 25.2 Å². The predicted molar refractivity (Wildman–Crippen MR) is 120 cm³/mol. The Bertz CT molecular complexity index is 1300. The Labute approximate surface area is 178 Å². The zero-order valence-corrected chi connectivity index (χ0v) is 17.6. The molecule has 4 rings (SSSR count). The van der Waals surface area contributed by atoms with Gasteiger partial charge in [0.1, 0.15) is 16.8 Å². The molecule has 2 aromatic carbocycles. The first-order valence-electron chi connectivity index (χ1n) is 9.37. The summed E-state index contributed by atoms with van der Waals surface area (Å²) in [4.78, 5) is 19.0. The molecule has 4 aromatic rings. The normalized spacial score (nSPS) is 10.6. The molecule has 148 valence electrons. The van der Waals surface area contributed by atoms with Crippen molar-refractivity contribution in [3.8, 4) is 23.1 Å². The summed E-state index contributed by atoms with van der Waals surface area (Å²) >= 11 is 1.41. The van der Waals surface area contributed by atoms with E-state index in [0.29, 0.717) is 21.8 Å². The number of nitrogens with one attached hydrogen (secondary N) is 1. The number of fused-ring (bicyclic) bond motifs is 1. The zero-order valence-electron chi connectivity index (χ0n) is 16.8. The number of pyridine rings is 1. The van der Waals surface area contributed by atoms with Crippen molar-refractivity contribution >= 4 is 33.1 Å². The molecule has 0 spiro atoms. The minimum Gasteiger partial charge on any atom is -0.497 e. The van der Waals surface area contributed by atoms with Gasteiger partial charge in [0.15, 0.2) is 0 Å². The van der Waals surface area contributed by atoms with Gasteiger partial charge in [0, 0.05) is 15.8 Å². The van der Waals surface area contributed by atoms with Gasteiger partial charge in [-0.1, -0.05) is 18.2 Å². The minimum absolute atomic E-state index is 0.263. The first-order chi connectivity index (χ1) is 14.5. The number of para-hydroxylation sites is 1. The highest BCUT2D eigenvalue weighted by molar-refractivity contribution is 7.16. The SMILES string of the molecule is COc1ccc(-c2cc(C(=O)Nc3sc(C)c(C)c3C#N)c3ccccc3n2)cc1. The highest BCUT2D eigenvalue weighted by Gasteiger charge is 2.18. The number of nitriles is 1. The molecule has 0 aliphatic carbocycles. The number of nitrogens with zero attached hydrogens (tertiary/aromatic N) is 2. The fourth-order valence-corrected chi connectivity index (χ4v) is 4.30. The highest BCUT2D eigenvalue weighted by Crippen LogP contribution is 2.33.